The average Bonchev–Trinajstić information content (AvgIpc) is 2.28. The fourth-order valence-electron chi connectivity index (χ4n) is 2.09. The summed E-state index contributed by atoms with van der Waals surface area (Å²) in [5.74, 6) is -0.724. The van der Waals surface area contributed by atoms with Gasteiger partial charge in [0.25, 0.3) is 0 Å². The van der Waals surface area contributed by atoms with Gasteiger partial charge in [0.2, 0.25) is 5.91 Å². The van der Waals surface area contributed by atoms with Gasteiger partial charge in [0.15, 0.2) is 0 Å². The highest BCUT2D eigenvalue weighted by atomic mass is 16.4. The van der Waals surface area contributed by atoms with E-state index < -0.39 is 17.4 Å². The zero-order valence-electron chi connectivity index (χ0n) is 10.8. The molecule has 2 unspecified atom stereocenters. The lowest BCUT2D eigenvalue weighted by atomic mass is 9.87. The second kappa shape index (κ2) is 5.04. The van der Waals surface area contributed by atoms with Gasteiger partial charge in [-0.25, -0.2) is 4.79 Å². The number of piperidine rings is 1. The molecule has 0 aliphatic carbocycles. The number of carbonyl (C=O) groups is 2. The molecule has 17 heavy (non-hydrogen) atoms. The summed E-state index contributed by atoms with van der Waals surface area (Å²) >= 11 is 0. The van der Waals surface area contributed by atoms with Crippen LogP contribution in [-0.4, -0.2) is 41.0 Å². The van der Waals surface area contributed by atoms with Crippen LogP contribution in [0.5, 0.6) is 0 Å². The number of carbonyl (C=O) groups excluding carboxylic acids is 1. The topological polar surface area (TPSA) is 83.6 Å². The van der Waals surface area contributed by atoms with Crippen molar-refractivity contribution in [3.8, 4) is 0 Å². The van der Waals surface area contributed by atoms with E-state index in [1.165, 1.54) is 4.90 Å². The number of aliphatic carboxylic acids is 1. The Morgan fingerprint density at radius 3 is 2.53 bits per heavy atom. The largest absolute Gasteiger partial charge is 0.480 e. The molecule has 1 saturated heterocycles. The summed E-state index contributed by atoms with van der Waals surface area (Å²) in [6, 6.07) is -0.697. The number of carboxylic acid groups (broad SMARTS) is 1. The van der Waals surface area contributed by atoms with E-state index in [1.807, 2.05) is 6.92 Å². The maximum Gasteiger partial charge on any atom is 0.326 e. The molecule has 0 bridgehead atoms. The van der Waals surface area contributed by atoms with Crippen molar-refractivity contribution < 1.29 is 14.7 Å². The monoisotopic (exact) mass is 242 g/mol. The normalized spacial score (nSPS) is 25.8. The maximum absolute atomic E-state index is 12.3. The van der Waals surface area contributed by atoms with E-state index >= 15 is 0 Å². The molecule has 98 valence electrons. The number of hydrogen-bond donors (Lipinski definition) is 2. The molecule has 3 N–H and O–H groups in total. The highest BCUT2D eigenvalue weighted by Crippen LogP contribution is 2.27. The second-order valence-corrected chi connectivity index (χ2v) is 5.57. The van der Waals surface area contributed by atoms with Crippen LogP contribution in [0, 0.1) is 11.3 Å². The van der Waals surface area contributed by atoms with Crippen LogP contribution in [0.2, 0.25) is 0 Å². The Morgan fingerprint density at radius 1 is 1.47 bits per heavy atom. The number of hydrogen-bond acceptors (Lipinski definition) is 3. The number of likely N-dealkylation sites (tertiary alicyclic amines) is 1. The quantitative estimate of drug-likeness (QED) is 0.762. The van der Waals surface area contributed by atoms with Crippen LogP contribution in [0.1, 0.15) is 33.6 Å². The standard InChI is InChI=1S/C12H22N2O3/c1-8-4-5-14(9(6-8)10(15)16)11(17)12(2,3)7-13/h8-9H,4-7,13H2,1-3H3,(H,15,16). The summed E-state index contributed by atoms with van der Waals surface area (Å²) in [6.07, 6.45) is 1.39. The van der Waals surface area contributed by atoms with Crippen molar-refractivity contribution in [2.45, 2.75) is 39.7 Å². The van der Waals surface area contributed by atoms with Gasteiger partial charge >= 0.3 is 5.97 Å². The third kappa shape index (κ3) is 2.97. The van der Waals surface area contributed by atoms with E-state index in [0.717, 1.165) is 6.42 Å². The molecule has 0 radical (unpaired) electrons. The minimum absolute atomic E-state index is 0.153. The molecule has 5 nitrogen and oxygen atoms in total. The number of nitrogens with two attached hydrogens (primary N) is 1. The van der Waals surface area contributed by atoms with Crippen LogP contribution >= 0.6 is 0 Å². The smallest absolute Gasteiger partial charge is 0.326 e. The summed E-state index contributed by atoms with van der Waals surface area (Å²) in [7, 11) is 0. The molecule has 1 aliphatic rings. The molecule has 1 fully saturated rings. The minimum Gasteiger partial charge on any atom is -0.480 e. The Kier molecular flexibility index (Phi) is 4.14. The molecule has 2 atom stereocenters. The first-order valence-electron chi connectivity index (χ1n) is 6.03. The number of nitrogens with zero attached hydrogens (tertiary/aromatic N) is 1. The zero-order valence-corrected chi connectivity index (χ0v) is 10.8. The number of carboxylic acids is 1. The van der Waals surface area contributed by atoms with Crippen molar-refractivity contribution >= 4 is 11.9 Å². The molecular weight excluding hydrogens is 220 g/mol. The van der Waals surface area contributed by atoms with E-state index in [2.05, 4.69) is 0 Å². The third-order valence-corrected chi connectivity index (χ3v) is 3.50. The Morgan fingerprint density at radius 2 is 2.06 bits per heavy atom. The van der Waals surface area contributed by atoms with Crippen LogP contribution < -0.4 is 5.73 Å². The molecule has 1 heterocycles. The first kappa shape index (κ1) is 14.0. The second-order valence-electron chi connectivity index (χ2n) is 5.57. The van der Waals surface area contributed by atoms with Gasteiger partial charge in [-0.3, -0.25) is 4.79 Å². The van der Waals surface area contributed by atoms with Crippen molar-refractivity contribution in [1.29, 1.82) is 0 Å². The van der Waals surface area contributed by atoms with Crippen molar-refractivity contribution in [3.05, 3.63) is 0 Å². The van der Waals surface area contributed by atoms with Gasteiger partial charge in [-0.2, -0.15) is 0 Å². The van der Waals surface area contributed by atoms with Gasteiger partial charge in [0, 0.05) is 13.1 Å². The van der Waals surface area contributed by atoms with E-state index in [9.17, 15) is 14.7 Å². The molecular formula is C12H22N2O3. The van der Waals surface area contributed by atoms with Crippen molar-refractivity contribution in [1.82, 2.24) is 4.90 Å². The fourth-order valence-corrected chi connectivity index (χ4v) is 2.09. The zero-order chi connectivity index (χ0) is 13.2. The number of amides is 1. The summed E-state index contributed by atoms with van der Waals surface area (Å²) in [4.78, 5) is 24.9. The summed E-state index contributed by atoms with van der Waals surface area (Å²) in [5, 5.41) is 9.19. The van der Waals surface area contributed by atoms with Crippen molar-refractivity contribution in [2.75, 3.05) is 13.1 Å². The van der Waals surface area contributed by atoms with E-state index in [1.54, 1.807) is 13.8 Å². The molecule has 1 aliphatic heterocycles. The molecule has 0 aromatic carbocycles. The SMILES string of the molecule is CC1CCN(C(=O)C(C)(C)CN)C(C(=O)O)C1. The molecule has 5 heteroatoms. The minimum atomic E-state index is -0.919. The first-order valence-corrected chi connectivity index (χ1v) is 6.03. The van der Waals surface area contributed by atoms with Gasteiger partial charge in [-0.05, 0) is 32.6 Å². The van der Waals surface area contributed by atoms with Gasteiger partial charge < -0.3 is 15.7 Å². The molecule has 1 rings (SSSR count). The maximum atomic E-state index is 12.3. The first-order chi connectivity index (χ1) is 7.79. The lowest BCUT2D eigenvalue weighted by Crippen LogP contribution is -2.55. The average molecular weight is 242 g/mol. The molecule has 0 spiro atoms. The predicted molar refractivity (Wildman–Crippen MR) is 64.4 cm³/mol. The van der Waals surface area contributed by atoms with Gasteiger partial charge in [-0.1, -0.05) is 6.92 Å². The Bertz CT molecular complexity index is 315. The van der Waals surface area contributed by atoms with Crippen LogP contribution in [0.15, 0.2) is 0 Å². The lowest BCUT2D eigenvalue weighted by Gasteiger charge is -2.39. The van der Waals surface area contributed by atoms with E-state index in [4.69, 9.17) is 5.73 Å². The number of rotatable bonds is 3. The molecule has 0 saturated carbocycles. The Labute approximate surface area is 102 Å². The van der Waals surface area contributed by atoms with Crippen LogP contribution in [0.4, 0.5) is 0 Å². The highest BCUT2D eigenvalue weighted by molar-refractivity contribution is 5.87. The third-order valence-electron chi connectivity index (χ3n) is 3.50. The van der Waals surface area contributed by atoms with Crippen LogP contribution in [0.25, 0.3) is 0 Å². The molecule has 1 amide bonds. The Balaban J connectivity index is 2.87. The summed E-state index contributed by atoms with van der Waals surface area (Å²) in [5.41, 5.74) is 4.88. The lowest BCUT2D eigenvalue weighted by molar-refractivity contribution is -0.157. The van der Waals surface area contributed by atoms with Gasteiger partial charge in [0.1, 0.15) is 6.04 Å². The van der Waals surface area contributed by atoms with E-state index in [0.29, 0.717) is 18.9 Å². The predicted octanol–water partition coefficient (Wildman–Crippen LogP) is 0.683. The van der Waals surface area contributed by atoms with Crippen LogP contribution in [0.3, 0.4) is 0 Å². The van der Waals surface area contributed by atoms with Crippen molar-refractivity contribution in [3.63, 3.8) is 0 Å². The van der Waals surface area contributed by atoms with Crippen LogP contribution in [-0.2, 0) is 9.59 Å². The Hall–Kier alpha value is -1.10. The fraction of sp³-hybridized carbons (Fsp3) is 0.833. The molecule has 0 aromatic rings. The van der Waals surface area contributed by atoms with E-state index in [-0.39, 0.29) is 12.5 Å². The van der Waals surface area contributed by atoms with Gasteiger partial charge in [-0.15, -0.1) is 0 Å². The van der Waals surface area contributed by atoms with Gasteiger partial charge in [0.05, 0.1) is 5.41 Å². The summed E-state index contributed by atoms with van der Waals surface area (Å²) in [6.45, 7) is 6.27. The summed E-state index contributed by atoms with van der Waals surface area (Å²) < 4.78 is 0. The molecule has 0 aromatic heterocycles. The highest BCUT2D eigenvalue weighted by Gasteiger charge is 2.40. The van der Waals surface area contributed by atoms with Crippen molar-refractivity contribution in [2.24, 2.45) is 17.1 Å².